The number of benzene rings is 2. The molecule has 0 radical (unpaired) electrons. The van der Waals surface area contributed by atoms with Crippen molar-refractivity contribution >= 4 is 23.4 Å². The zero-order valence-corrected chi connectivity index (χ0v) is 12.7. The average molecular weight is 319 g/mol. The van der Waals surface area contributed by atoms with Crippen molar-refractivity contribution < 1.29 is 13.6 Å². The molecule has 0 N–H and O–H groups in total. The van der Waals surface area contributed by atoms with Gasteiger partial charge in [0.2, 0.25) is 5.91 Å². The van der Waals surface area contributed by atoms with E-state index in [-0.39, 0.29) is 17.4 Å². The molecule has 114 valence electrons. The van der Waals surface area contributed by atoms with Crippen LogP contribution in [0.5, 0.6) is 0 Å². The van der Waals surface area contributed by atoms with Crippen molar-refractivity contribution in [2.75, 3.05) is 17.2 Å². The number of fused-ring (bicyclic) bond motifs is 1. The minimum atomic E-state index is -0.849. The average Bonchev–Trinajstić information content (AvgIpc) is 2.95. The number of amides is 1. The molecule has 0 atom stereocenters. The van der Waals surface area contributed by atoms with Crippen molar-refractivity contribution in [3.8, 4) is 0 Å². The van der Waals surface area contributed by atoms with Gasteiger partial charge in [-0.2, -0.15) is 0 Å². The lowest BCUT2D eigenvalue weighted by Crippen LogP contribution is -2.30. The second-order valence-electron chi connectivity index (χ2n) is 5.13. The Bertz CT molecular complexity index is 705. The van der Waals surface area contributed by atoms with E-state index in [0.717, 1.165) is 18.2 Å². The van der Waals surface area contributed by atoms with E-state index in [9.17, 15) is 13.6 Å². The molecule has 0 aromatic heterocycles. The first-order valence-corrected chi connectivity index (χ1v) is 8.21. The minimum absolute atomic E-state index is 0.00626. The van der Waals surface area contributed by atoms with Gasteiger partial charge in [0.1, 0.15) is 0 Å². The molecule has 5 heteroatoms. The van der Waals surface area contributed by atoms with E-state index in [1.165, 1.54) is 23.4 Å². The quantitative estimate of drug-likeness (QED) is 0.854. The molecule has 2 nitrogen and oxygen atoms in total. The van der Waals surface area contributed by atoms with Gasteiger partial charge in [0.15, 0.2) is 11.6 Å². The molecule has 1 aliphatic rings. The topological polar surface area (TPSA) is 20.3 Å². The predicted octanol–water partition coefficient (Wildman–Crippen LogP) is 3.79. The first kappa shape index (κ1) is 15.0. The summed E-state index contributed by atoms with van der Waals surface area (Å²) in [6, 6.07) is 12.0. The molecule has 0 spiro atoms. The number of para-hydroxylation sites is 1. The van der Waals surface area contributed by atoms with Crippen molar-refractivity contribution in [1.29, 1.82) is 0 Å². The maximum absolute atomic E-state index is 13.5. The summed E-state index contributed by atoms with van der Waals surface area (Å²) >= 11 is 1.30. The molecule has 2 aromatic carbocycles. The predicted molar refractivity (Wildman–Crippen MR) is 85.0 cm³/mol. The third-order valence-corrected chi connectivity index (χ3v) is 4.67. The van der Waals surface area contributed by atoms with Crippen LogP contribution in [0.2, 0.25) is 0 Å². The Labute approximate surface area is 132 Å². The third-order valence-electron chi connectivity index (χ3n) is 3.70. The van der Waals surface area contributed by atoms with Gasteiger partial charge in [0.25, 0.3) is 0 Å². The Morgan fingerprint density at radius 3 is 2.82 bits per heavy atom. The highest BCUT2D eigenvalue weighted by Crippen LogP contribution is 2.28. The van der Waals surface area contributed by atoms with Gasteiger partial charge in [-0.3, -0.25) is 4.79 Å². The third kappa shape index (κ3) is 2.99. The number of hydrogen-bond acceptors (Lipinski definition) is 2. The number of carbonyl (C=O) groups excluding carboxylic acids is 1. The molecular weight excluding hydrogens is 304 g/mol. The number of carbonyl (C=O) groups is 1. The SMILES string of the molecule is O=C(CSCc1cccc(F)c1F)N1CCc2ccccc21. The second kappa shape index (κ2) is 6.48. The first-order chi connectivity index (χ1) is 10.7. The molecule has 1 aliphatic heterocycles. The van der Waals surface area contributed by atoms with E-state index >= 15 is 0 Å². The number of hydrogen-bond donors (Lipinski definition) is 0. The van der Waals surface area contributed by atoms with Gasteiger partial charge in [-0.15, -0.1) is 11.8 Å². The van der Waals surface area contributed by atoms with Gasteiger partial charge in [-0.25, -0.2) is 8.78 Å². The van der Waals surface area contributed by atoms with Crippen LogP contribution in [0.1, 0.15) is 11.1 Å². The number of halogens is 2. The Kier molecular flexibility index (Phi) is 4.43. The summed E-state index contributed by atoms with van der Waals surface area (Å²) in [5.74, 6) is -1.13. The zero-order chi connectivity index (χ0) is 15.5. The lowest BCUT2D eigenvalue weighted by Gasteiger charge is -2.17. The molecule has 1 amide bonds. The Morgan fingerprint density at radius 2 is 1.95 bits per heavy atom. The smallest absolute Gasteiger partial charge is 0.237 e. The minimum Gasteiger partial charge on any atom is -0.311 e. The number of thioether (sulfide) groups is 1. The molecule has 0 saturated carbocycles. The van der Waals surface area contributed by atoms with E-state index in [0.29, 0.717) is 12.1 Å². The Morgan fingerprint density at radius 1 is 1.14 bits per heavy atom. The summed E-state index contributed by atoms with van der Waals surface area (Å²) < 4.78 is 26.7. The van der Waals surface area contributed by atoms with Crippen molar-refractivity contribution in [1.82, 2.24) is 0 Å². The molecule has 0 unspecified atom stereocenters. The molecule has 2 aromatic rings. The van der Waals surface area contributed by atoms with E-state index in [1.807, 2.05) is 24.3 Å². The van der Waals surface area contributed by atoms with Crippen LogP contribution in [0.25, 0.3) is 0 Å². The summed E-state index contributed by atoms with van der Waals surface area (Å²) in [4.78, 5) is 14.1. The van der Waals surface area contributed by atoms with Crippen LogP contribution in [0.15, 0.2) is 42.5 Å². The molecule has 22 heavy (non-hydrogen) atoms. The fourth-order valence-electron chi connectivity index (χ4n) is 2.58. The maximum atomic E-state index is 13.5. The highest BCUT2D eigenvalue weighted by atomic mass is 32.2. The maximum Gasteiger partial charge on any atom is 0.237 e. The lowest BCUT2D eigenvalue weighted by molar-refractivity contribution is -0.116. The summed E-state index contributed by atoms with van der Waals surface area (Å²) in [6.45, 7) is 0.688. The van der Waals surface area contributed by atoms with Crippen molar-refractivity contribution in [2.45, 2.75) is 12.2 Å². The molecule has 0 bridgehead atoms. The molecule has 0 fully saturated rings. The number of nitrogens with zero attached hydrogens (tertiary/aromatic N) is 1. The van der Waals surface area contributed by atoms with E-state index in [4.69, 9.17) is 0 Å². The van der Waals surface area contributed by atoms with Crippen LogP contribution < -0.4 is 4.90 Å². The highest BCUT2D eigenvalue weighted by Gasteiger charge is 2.23. The number of anilines is 1. The molecular formula is C17H15F2NOS. The van der Waals surface area contributed by atoms with Crippen LogP contribution in [-0.2, 0) is 17.0 Å². The molecule has 1 heterocycles. The summed E-state index contributed by atoms with van der Waals surface area (Å²) in [7, 11) is 0. The fourth-order valence-corrected chi connectivity index (χ4v) is 3.46. The van der Waals surface area contributed by atoms with Crippen molar-refractivity contribution in [3.63, 3.8) is 0 Å². The van der Waals surface area contributed by atoms with Crippen molar-refractivity contribution in [2.24, 2.45) is 0 Å². The first-order valence-electron chi connectivity index (χ1n) is 7.05. The van der Waals surface area contributed by atoms with Gasteiger partial charge >= 0.3 is 0 Å². The standard InChI is InChI=1S/C17H15F2NOS/c18-14-6-3-5-13(17(14)19)10-22-11-16(21)20-9-8-12-4-1-2-7-15(12)20/h1-7H,8-11H2. The highest BCUT2D eigenvalue weighted by molar-refractivity contribution is 7.99. The van der Waals surface area contributed by atoms with E-state index in [2.05, 4.69) is 0 Å². The normalized spacial score (nSPS) is 13.3. The zero-order valence-electron chi connectivity index (χ0n) is 11.9. The Balaban J connectivity index is 1.59. The van der Waals surface area contributed by atoms with Gasteiger partial charge in [-0.05, 0) is 24.1 Å². The van der Waals surface area contributed by atoms with E-state index < -0.39 is 11.6 Å². The van der Waals surface area contributed by atoms with Crippen LogP contribution in [0.3, 0.4) is 0 Å². The van der Waals surface area contributed by atoms with E-state index in [1.54, 1.807) is 11.0 Å². The molecule has 0 aliphatic carbocycles. The van der Waals surface area contributed by atoms with Gasteiger partial charge < -0.3 is 4.90 Å². The second-order valence-corrected chi connectivity index (χ2v) is 6.12. The monoisotopic (exact) mass is 319 g/mol. The molecule has 3 rings (SSSR count). The van der Waals surface area contributed by atoms with Gasteiger partial charge in [0, 0.05) is 23.5 Å². The van der Waals surface area contributed by atoms with Crippen molar-refractivity contribution in [3.05, 3.63) is 65.2 Å². The summed E-state index contributed by atoms with van der Waals surface area (Å²) in [5.41, 5.74) is 2.43. The van der Waals surface area contributed by atoms with Crippen LogP contribution >= 0.6 is 11.8 Å². The van der Waals surface area contributed by atoms with Crippen LogP contribution in [0, 0.1) is 11.6 Å². The number of rotatable bonds is 4. The van der Waals surface area contributed by atoms with Crippen LogP contribution in [0.4, 0.5) is 14.5 Å². The molecule has 0 saturated heterocycles. The Hall–Kier alpha value is -1.88. The fraction of sp³-hybridized carbons (Fsp3) is 0.235. The summed E-state index contributed by atoms with van der Waals surface area (Å²) in [5, 5.41) is 0. The van der Waals surface area contributed by atoms with Gasteiger partial charge in [-0.1, -0.05) is 30.3 Å². The van der Waals surface area contributed by atoms with Gasteiger partial charge in [0.05, 0.1) is 5.75 Å². The van der Waals surface area contributed by atoms with Crippen LogP contribution in [-0.4, -0.2) is 18.2 Å². The lowest BCUT2D eigenvalue weighted by atomic mass is 10.2. The largest absolute Gasteiger partial charge is 0.311 e. The summed E-state index contributed by atoms with van der Waals surface area (Å²) in [6.07, 6.45) is 0.866.